The van der Waals surface area contributed by atoms with Gasteiger partial charge in [0.15, 0.2) is 0 Å². The molecule has 4 nitrogen and oxygen atoms in total. The number of pyridine rings is 1. The first-order valence-electron chi connectivity index (χ1n) is 3.99. The van der Waals surface area contributed by atoms with E-state index < -0.39 is 0 Å². The highest BCUT2D eigenvalue weighted by molar-refractivity contribution is 5.69. The quantitative estimate of drug-likeness (QED) is 0.698. The fourth-order valence-corrected chi connectivity index (χ4v) is 0.966. The molecule has 0 spiro atoms. The number of rotatable bonds is 3. The van der Waals surface area contributed by atoms with Crippen LogP contribution in [0.25, 0.3) is 0 Å². The predicted molar refractivity (Wildman–Crippen MR) is 49.0 cm³/mol. The Bertz CT molecular complexity index is 299. The van der Waals surface area contributed by atoms with Gasteiger partial charge in [0.25, 0.3) is 0 Å². The Kier molecular flexibility index (Phi) is 3.25. The Labute approximate surface area is 76.7 Å². The molecule has 0 radical (unpaired) electrons. The Hall–Kier alpha value is -1.58. The van der Waals surface area contributed by atoms with Gasteiger partial charge < -0.3 is 10.5 Å². The molecule has 1 aromatic rings. The van der Waals surface area contributed by atoms with Gasteiger partial charge in [-0.1, -0.05) is 0 Å². The van der Waals surface area contributed by atoms with Crippen molar-refractivity contribution in [2.75, 3.05) is 12.8 Å². The molecule has 4 heteroatoms. The number of nitrogens with zero attached hydrogens (tertiary/aromatic N) is 1. The van der Waals surface area contributed by atoms with Gasteiger partial charge in [0, 0.05) is 24.0 Å². The standard InChI is InChI=1S/C9H12N2O2/c1-13-9(12)3-2-8-6-7(10)4-5-11-8/h4-6H,2-3H2,1H3,(H2,10,11). The highest BCUT2D eigenvalue weighted by atomic mass is 16.5. The Morgan fingerprint density at radius 3 is 3.08 bits per heavy atom. The summed E-state index contributed by atoms with van der Waals surface area (Å²) in [4.78, 5) is 14.8. The summed E-state index contributed by atoms with van der Waals surface area (Å²) < 4.78 is 4.50. The summed E-state index contributed by atoms with van der Waals surface area (Å²) >= 11 is 0. The average molecular weight is 180 g/mol. The fraction of sp³-hybridized carbons (Fsp3) is 0.333. The number of nitrogen functional groups attached to an aromatic ring is 1. The normalized spacial score (nSPS) is 9.62. The first-order chi connectivity index (χ1) is 6.22. The van der Waals surface area contributed by atoms with Crippen LogP contribution in [0.1, 0.15) is 12.1 Å². The number of hydrogen-bond acceptors (Lipinski definition) is 4. The van der Waals surface area contributed by atoms with E-state index in [4.69, 9.17) is 5.73 Å². The van der Waals surface area contributed by atoms with Gasteiger partial charge in [-0.15, -0.1) is 0 Å². The lowest BCUT2D eigenvalue weighted by Crippen LogP contribution is -2.03. The molecule has 0 fully saturated rings. The number of ether oxygens (including phenoxy) is 1. The van der Waals surface area contributed by atoms with Crippen molar-refractivity contribution in [1.82, 2.24) is 4.98 Å². The summed E-state index contributed by atoms with van der Waals surface area (Å²) in [5.41, 5.74) is 7.01. The third-order valence-corrected chi connectivity index (χ3v) is 1.65. The summed E-state index contributed by atoms with van der Waals surface area (Å²) in [5, 5.41) is 0. The second-order valence-corrected chi connectivity index (χ2v) is 2.66. The molecular formula is C9H12N2O2. The summed E-state index contributed by atoms with van der Waals surface area (Å²) in [7, 11) is 1.37. The predicted octanol–water partition coefficient (Wildman–Crippen LogP) is 0.769. The molecule has 1 rings (SSSR count). The zero-order valence-electron chi connectivity index (χ0n) is 7.49. The highest BCUT2D eigenvalue weighted by Crippen LogP contribution is 2.05. The van der Waals surface area contributed by atoms with Crippen LogP contribution in [-0.2, 0) is 16.0 Å². The van der Waals surface area contributed by atoms with Crippen LogP contribution in [0.5, 0.6) is 0 Å². The average Bonchev–Trinajstić information content (AvgIpc) is 2.14. The van der Waals surface area contributed by atoms with E-state index in [0.29, 0.717) is 18.5 Å². The third-order valence-electron chi connectivity index (χ3n) is 1.65. The Morgan fingerprint density at radius 1 is 1.69 bits per heavy atom. The Balaban J connectivity index is 2.50. The minimum absolute atomic E-state index is 0.232. The van der Waals surface area contributed by atoms with Crippen molar-refractivity contribution in [3.05, 3.63) is 24.0 Å². The number of aromatic nitrogens is 1. The van der Waals surface area contributed by atoms with Crippen LogP contribution in [0.4, 0.5) is 5.69 Å². The lowest BCUT2D eigenvalue weighted by atomic mass is 10.2. The van der Waals surface area contributed by atoms with E-state index in [0.717, 1.165) is 5.69 Å². The van der Waals surface area contributed by atoms with Crippen LogP contribution in [0, 0.1) is 0 Å². The molecule has 0 saturated carbocycles. The first-order valence-corrected chi connectivity index (χ1v) is 3.99. The summed E-state index contributed by atoms with van der Waals surface area (Å²) in [6, 6.07) is 3.46. The maximum atomic E-state index is 10.8. The maximum Gasteiger partial charge on any atom is 0.305 e. The van der Waals surface area contributed by atoms with E-state index in [-0.39, 0.29) is 5.97 Å². The molecule has 2 N–H and O–H groups in total. The van der Waals surface area contributed by atoms with E-state index in [2.05, 4.69) is 9.72 Å². The number of anilines is 1. The molecule has 1 aromatic heterocycles. The van der Waals surface area contributed by atoms with Crippen LogP contribution in [0.2, 0.25) is 0 Å². The third kappa shape index (κ3) is 3.11. The molecule has 0 saturated heterocycles. The van der Waals surface area contributed by atoms with Crippen LogP contribution < -0.4 is 5.73 Å². The van der Waals surface area contributed by atoms with Crippen molar-refractivity contribution in [3.8, 4) is 0 Å². The smallest absolute Gasteiger partial charge is 0.305 e. The maximum absolute atomic E-state index is 10.8. The number of aryl methyl sites for hydroxylation is 1. The molecule has 70 valence electrons. The van der Waals surface area contributed by atoms with Crippen LogP contribution in [0.15, 0.2) is 18.3 Å². The molecule has 0 bridgehead atoms. The zero-order valence-corrected chi connectivity index (χ0v) is 7.49. The van der Waals surface area contributed by atoms with Crippen molar-refractivity contribution in [2.45, 2.75) is 12.8 Å². The van der Waals surface area contributed by atoms with Gasteiger partial charge in [-0.25, -0.2) is 0 Å². The van der Waals surface area contributed by atoms with E-state index in [1.165, 1.54) is 7.11 Å². The Morgan fingerprint density at radius 2 is 2.46 bits per heavy atom. The molecule has 0 aliphatic carbocycles. The van der Waals surface area contributed by atoms with Crippen LogP contribution >= 0.6 is 0 Å². The van der Waals surface area contributed by atoms with Gasteiger partial charge in [-0.2, -0.15) is 0 Å². The van der Waals surface area contributed by atoms with Crippen molar-refractivity contribution >= 4 is 11.7 Å². The largest absolute Gasteiger partial charge is 0.469 e. The van der Waals surface area contributed by atoms with Crippen LogP contribution in [0.3, 0.4) is 0 Å². The minimum atomic E-state index is -0.232. The SMILES string of the molecule is COC(=O)CCc1cc(N)ccn1. The van der Waals surface area contributed by atoms with Crippen molar-refractivity contribution in [1.29, 1.82) is 0 Å². The molecule has 0 atom stereocenters. The molecule has 0 unspecified atom stereocenters. The van der Waals surface area contributed by atoms with Gasteiger partial charge in [-0.05, 0) is 12.1 Å². The van der Waals surface area contributed by atoms with E-state index in [1.807, 2.05) is 0 Å². The van der Waals surface area contributed by atoms with Crippen molar-refractivity contribution in [3.63, 3.8) is 0 Å². The van der Waals surface area contributed by atoms with Gasteiger partial charge in [0.1, 0.15) is 0 Å². The zero-order chi connectivity index (χ0) is 9.68. The van der Waals surface area contributed by atoms with Gasteiger partial charge in [-0.3, -0.25) is 9.78 Å². The van der Waals surface area contributed by atoms with Crippen molar-refractivity contribution < 1.29 is 9.53 Å². The second kappa shape index (κ2) is 4.45. The minimum Gasteiger partial charge on any atom is -0.469 e. The molecule has 0 aliphatic rings. The van der Waals surface area contributed by atoms with Crippen molar-refractivity contribution in [2.24, 2.45) is 0 Å². The topological polar surface area (TPSA) is 65.2 Å². The lowest BCUT2D eigenvalue weighted by Gasteiger charge is -2.00. The van der Waals surface area contributed by atoms with E-state index in [9.17, 15) is 4.79 Å². The number of nitrogens with two attached hydrogens (primary N) is 1. The molecule has 13 heavy (non-hydrogen) atoms. The summed E-state index contributed by atoms with van der Waals surface area (Å²) in [5.74, 6) is -0.232. The monoisotopic (exact) mass is 180 g/mol. The van der Waals surface area contributed by atoms with Gasteiger partial charge in [0.2, 0.25) is 0 Å². The van der Waals surface area contributed by atoms with Gasteiger partial charge >= 0.3 is 5.97 Å². The highest BCUT2D eigenvalue weighted by Gasteiger charge is 2.01. The number of carbonyl (C=O) groups excluding carboxylic acids is 1. The summed E-state index contributed by atoms with van der Waals surface area (Å²) in [6.07, 6.45) is 2.53. The van der Waals surface area contributed by atoms with E-state index >= 15 is 0 Å². The number of esters is 1. The molecular weight excluding hydrogens is 168 g/mol. The van der Waals surface area contributed by atoms with Crippen LogP contribution in [-0.4, -0.2) is 18.1 Å². The lowest BCUT2D eigenvalue weighted by molar-refractivity contribution is -0.140. The number of methoxy groups -OCH3 is 1. The summed E-state index contributed by atoms with van der Waals surface area (Å²) in [6.45, 7) is 0. The molecule has 1 heterocycles. The molecule has 0 amide bonds. The van der Waals surface area contributed by atoms with E-state index in [1.54, 1.807) is 18.3 Å². The fourth-order valence-electron chi connectivity index (χ4n) is 0.966. The molecule has 0 aliphatic heterocycles. The second-order valence-electron chi connectivity index (χ2n) is 2.66. The number of hydrogen-bond donors (Lipinski definition) is 1. The first kappa shape index (κ1) is 9.51. The molecule has 0 aromatic carbocycles. The van der Waals surface area contributed by atoms with Gasteiger partial charge in [0.05, 0.1) is 13.5 Å². The number of carbonyl (C=O) groups is 1.